The van der Waals surface area contributed by atoms with Crippen molar-refractivity contribution in [2.24, 2.45) is 0 Å². The highest BCUT2D eigenvalue weighted by Gasteiger charge is 2.10. The van der Waals surface area contributed by atoms with Crippen molar-refractivity contribution in [2.75, 3.05) is 6.54 Å². The standard InChI is InChI=1S/C15H15ClN2O2/c16-12-6-7-17-14(9-12)15(20)18-10-13(19)8-11-4-2-1-3-5-11/h1-7,9,13,19H,8,10H2,(H,18,20). The van der Waals surface area contributed by atoms with Gasteiger partial charge < -0.3 is 10.4 Å². The van der Waals surface area contributed by atoms with Crippen molar-refractivity contribution >= 4 is 17.5 Å². The summed E-state index contributed by atoms with van der Waals surface area (Å²) in [6.07, 6.45) is 1.32. The van der Waals surface area contributed by atoms with Crippen molar-refractivity contribution in [3.8, 4) is 0 Å². The molecule has 0 bridgehead atoms. The van der Waals surface area contributed by atoms with E-state index in [1.165, 1.54) is 12.3 Å². The summed E-state index contributed by atoms with van der Waals surface area (Å²) in [4.78, 5) is 15.7. The van der Waals surface area contributed by atoms with E-state index in [1.807, 2.05) is 30.3 Å². The van der Waals surface area contributed by atoms with Gasteiger partial charge in [-0.25, -0.2) is 0 Å². The van der Waals surface area contributed by atoms with E-state index in [-0.39, 0.29) is 18.1 Å². The molecule has 2 aromatic rings. The van der Waals surface area contributed by atoms with Gasteiger partial charge in [0, 0.05) is 24.2 Å². The van der Waals surface area contributed by atoms with E-state index in [4.69, 9.17) is 11.6 Å². The molecule has 0 fully saturated rings. The Balaban J connectivity index is 1.84. The van der Waals surface area contributed by atoms with Gasteiger partial charge in [-0.3, -0.25) is 9.78 Å². The Morgan fingerprint density at radius 2 is 2.05 bits per heavy atom. The molecule has 0 saturated carbocycles. The van der Waals surface area contributed by atoms with Gasteiger partial charge in [0.1, 0.15) is 5.69 Å². The van der Waals surface area contributed by atoms with E-state index in [1.54, 1.807) is 6.07 Å². The number of amides is 1. The zero-order valence-electron chi connectivity index (χ0n) is 10.8. The largest absolute Gasteiger partial charge is 0.391 e. The van der Waals surface area contributed by atoms with E-state index < -0.39 is 6.10 Å². The van der Waals surface area contributed by atoms with Crippen molar-refractivity contribution in [1.29, 1.82) is 0 Å². The molecule has 1 heterocycles. The quantitative estimate of drug-likeness (QED) is 0.886. The summed E-state index contributed by atoms with van der Waals surface area (Å²) in [6.45, 7) is 0.169. The molecule has 1 unspecified atom stereocenters. The van der Waals surface area contributed by atoms with Crippen LogP contribution in [-0.2, 0) is 6.42 Å². The van der Waals surface area contributed by atoms with Gasteiger partial charge in [-0.1, -0.05) is 41.9 Å². The second-order valence-electron chi connectivity index (χ2n) is 4.41. The number of hydrogen-bond acceptors (Lipinski definition) is 3. The lowest BCUT2D eigenvalue weighted by molar-refractivity contribution is 0.0911. The van der Waals surface area contributed by atoms with E-state index >= 15 is 0 Å². The van der Waals surface area contributed by atoms with E-state index in [0.29, 0.717) is 11.4 Å². The maximum absolute atomic E-state index is 11.8. The van der Waals surface area contributed by atoms with E-state index in [2.05, 4.69) is 10.3 Å². The van der Waals surface area contributed by atoms with Crippen LogP contribution in [-0.4, -0.2) is 28.6 Å². The molecule has 1 aromatic heterocycles. The molecule has 2 rings (SSSR count). The molecule has 0 spiro atoms. The fourth-order valence-electron chi connectivity index (χ4n) is 1.79. The average molecular weight is 291 g/mol. The second kappa shape index (κ2) is 7.03. The third kappa shape index (κ3) is 4.33. The molecule has 2 N–H and O–H groups in total. The number of pyridine rings is 1. The molecule has 5 heteroatoms. The Morgan fingerprint density at radius 1 is 1.30 bits per heavy atom. The van der Waals surface area contributed by atoms with Crippen molar-refractivity contribution < 1.29 is 9.90 Å². The smallest absolute Gasteiger partial charge is 0.270 e. The molecule has 0 saturated heterocycles. The highest BCUT2D eigenvalue weighted by atomic mass is 35.5. The number of hydrogen-bond donors (Lipinski definition) is 2. The van der Waals surface area contributed by atoms with Gasteiger partial charge in [-0.2, -0.15) is 0 Å². The average Bonchev–Trinajstić information content (AvgIpc) is 2.46. The van der Waals surface area contributed by atoms with Crippen molar-refractivity contribution in [1.82, 2.24) is 10.3 Å². The molecule has 20 heavy (non-hydrogen) atoms. The first-order valence-corrected chi connectivity index (χ1v) is 6.64. The van der Waals surface area contributed by atoms with Gasteiger partial charge in [-0.15, -0.1) is 0 Å². The number of nitrogens with zero attached hydrogens (tertiary/aromatic N) is 1. The van der Waals surface area contributed by atoms with Crippen LogP contribution in [0.25, 0.3) is 0 Å². The van der Waals surface area contributed by atoms with Gasteiger partial charge in [0.25, 0.3) is 5.91 Å². The Hall–Kier alpha value is -1.91. The summed E-state index contributed by atoms with van der Waals surface area (Å²) < 4.78 is 0. The predicted octanol–water partition coefficient (Wildman–Crippen LogP) is 2.07. The topological polar surface area (TPSA) is 62.2 Å². The molecule has 0 radical (unpaired) electrons. The van der Waals surface area contributed by atoms with Crippen LogP contribution in [0.5, 0.6) is 0 Å². The summed E-state index contributed by atoms with van der Waals surface area (Å²) in [6, 6.07) is 12.7. The van der Waals surface area contributed by atoms with E-state index in [0.717, 1.165) is 5.56 Å². The lowest BCUT2D eigenvalue weighted by Gasteiger charge is -2.11. The maximum atomic E-state index is 11.8. The van der Waals surface area contributed by atoms with Crippen LogP contribution in [0.15, 0.2) is 48.7 Å². The Bertz CT molecular complexity index is 575. The number of aromatic nitrogens is 1. The minimum atomic E-state index is -0.638. The van der Waals surface area contributed by atoms with E-state index in [9.17, 15) is 9.90 Å². The molecule has 1 atom stereocenters. The molecular formula is C15H15ClN2O2. The Labute approximate surface area is 122 Å². The van der Waals surface area contributed by atoms with Crippen LogP contribution in [0.3, 0.4) is 0 Å². The Morgan fingerprint density at radius 3 is 2.75 bits per heavy atom. The molecule has 0 aliphatic carbocycles. The summed E-state index contributed by atoms with van der Waals surface area (Å²) in [7, 11) is 0. The molecule has 0 aliphatic heterocycles. The molecule has 1 aromatic carbocycles. The third-order valence-electron chi connectivity index (χ3n) is 2.77. The molecule has 4 nitrogen and oxygen atoms in total. The third-order valence-corrected chi connectivity index (χ3v) is 3.00. The van der Waals surface area contributed by atoms with Crippen LogP contribution in [0, 0.1) is 0 Å². The van der Waals surface area contributed by atoms with Crippen LogP contribution in [0.4, 0.5) is 0 Å². The number of benzene rings is 1. The van der Waals surface area contributed by atoms with Crippen molar-refractivity contribution in [3.05, 3.63) is 64.9 Å². The fourth-order valence-corrected chi connectivity index (χ4v) is 1.95. The van der Waals surface area contributed by atoms with Crippen molar-refractivity contribution in [3.63, 3.8) is 0 Å². The van der Waals surface area contributed by atoms with Crippen LogP contribution < -0.4 is 5.32 Å². The second-order valence-corrected chi connectivity index (χ2v) is 4.85. The maximum Gasteiger partial charge on any atom is 0.270 e. The molecular weight excluding hydrogens is 276 g/mol. The number of halogens is 1. The van der Waals surface area contributed by atoms with Crippen LogP contribution in [0.2, 0.25) is 5.02 Å². The van der Waals surface area contributed by atoms with Crippen molar-refractivity contribution in [2.45, 2.75) is 12.5 Å². The number of carbonyl (C=O) groups excluding carboxylic acids is 1. The minimum absolute atomic E-state index is 0.169. The zero-order valence-corrected chi connectivity index (χ0v) is 11.5. The normalized spacial score (nSPS) is 11.9. The predicted molar refractivity (Wildman–Crippen MR) is 77.7 cm³/mol. The summed E-state index contributed by atoms with van der Waals surface area (Å²) in [5.74, 6) is -0.348. The monoisotopic (exact) mass is 290 g/mol. The van der Waals surface area contributed by atoms with Gasteiger partial charge in [0.2, 0.25) is 0 Å². The first-order valence-electron chi connectivity index (χ1n) is 6.27. The van der Waals surface area contributed by atoms with Gasteiger partial charge in [-0.05, 0) is 17.7 Å². The Kier molecular flexibility index (Phi) is 5.09. The zero-order chi connectivity index (χ0) is 14.4. The fraction of sp³-hybridized carbons (Fsp3) is 0.200. The summed E-state index contributed by atoms with van der Waals surface area (Å²) >= 11 is 5.79. The first kappa shape index (κ1) is 14.5. The number of aliphatic hydroxyl groups is 1. The highest BCUT2D eigenvalue weighted by Crippen LogP contribution is 2.08. The molecule has 1 amide bonds. The molecule has 104 valence electrons. The lowest BCUT2D eigenvalue weighted by atomic mass is 10.1. The number of carbonyl (C=O) groups is 1. The SMILES string of the molecule is O=C(NCC(O)Cc1ccccc1)c1cc(Cl)ccn1. The van der Waals surface area contributed by atoms with Gasteiger partial charge in [0.15, 0.2) is 0 Å². The molecule has 0 aliphatic rings. The van der Waals surface area contributed by atoms with Gasteiger partial charge in [0.05, 0.1) is 6.10 Å². The number of aliphatic hydroxyl groups excluding tert-OH is 1. The minimum Gasteiger partial charge on any atom is -0.391 e. The number of nitrogens with one attached hydrogen (secondary N) is 1. The lowest BCUT2D eigenvalue weighted by Crippen LogP contribution is -2.33. The summed E-state index contributed by atoms with van der Waals surface area (Å²) in [5, 5.41) is 13.0. The van der Waals surface area contributed by atoms with Crippen LogP contribution >= 0.6 is 11.6 Å². The van der Waals surface area contributed by atoms with Gasteiger partial charge >= 0.3 is 0 Å². The van der Waals surface area contributed by atoms with Crippen LogP contribution in [0.1, 0.15) is 16.1 Å². The number of rotatable bonds is 5. The highest BCUT2D eigenvalue weighted by molar-refractivity contribution is 6.30. The summed E-state index contributed by atoms with van der Waals surface area (Å²) in [5.41, 5.74) is 1.26. The first-order chi connectivity index (χ1) is 9.65.